The molecule has 1 atom stereocenters. The molecular formula is C28H26N2O7S. The minimum absolute atomic E-state index is 0.219. The number of fused-ring (bicyclic) bond motifs is 1. The average molecular weight is 535 g/mol. The van der Waals surface area contributed by atoms with E-state index in [0.29, 0.717) is 33.0 Å². The lowest BCUT2D eigenvalue weighted by Crippen LogP contribution is -2.39. The molecule has 1 aromatic heterocycles. The van der Waals surface area contributed by atoms with Gasteiger partial charge in [0.05, 0.1) is 36.1 Å². The van der Waals surface area contributed by atoms with Gasteiger partial charge in [0.2, 0.25) is 0 Å². The Labute approximate surface area is 222 Å². The van der Waals surface area contributed by atoms with Gasteiger partial charge in [0, 0.05) is 6.92 Å². The van der Waals surface area contributed by atoms with Crippen LogP contribution in [0.3, 0.4) is 0 Å². The smallest absolute Gasteiger partial charge is 0.338 e. The topological polar surface area (TPSA) is 105 Å². The maximum absolute atomic E-state index is 13.7. The van der Waals surface area contributed by atoms with Gasteiger partial charge in [-0.2, -0.15) is 0 Å². The van der Waals surface area contributed by atoms with Crippen molar-refractivity contribution >= 4 is 29.4 Å². The molecule has 1 aliphatic rings. The number of methoxy groups -OCH3 is 2. The van der Waals surface area contributed by atoms with Gasteiger partial charge in [-0.15, -0.1) is 0 Å². The largest absolute Gasteiger partial charge is 0.493 e. The fourth-order valence-corrected chi connectivity index (χ4v) is 5.11. The van der Waals surface area contributed by atoms with Crippen LogP contribution in [0.15, 0.2) is 76.2 Å². The summed E-state index contributed by atoms with van der Waals surface area (Å²) in [5, 5.41) is 0. The van der Waals surface area contributed by atoms with Gasteiger partial charge in [-0.3, -0.25) is 14.2 Å². The molecule has 0 spiro atoms. The van der Waals surface area contributed by atoms with E-state index >= 15 is 0 Å². The number of carbonyl (C=O) groups excluding carboxylic acids is 2. The zero-order valence-corrected chi connectivity index (χ0v) is 22.2. The van der Waals surface area contributed by atoms with Crippen LogP contribution in [0.25, 0.3) is 6.08 Å². The van der Waals surface area contributed by atoms with Crippen LogP contribution in [0.4, 0.5) is 0 Å². The molecule has 0 aliphatic carbocycles. The Balaban J connectivity index is 1.87. The molecule has 4 rings (SSSR count). The number of ether oxygens (including phenoxy) is 4. The number of thiazole rings is 1. The molecule has 9 nitrogen and oxygen atoms in total. The first kappa shape index (κ1) is 26.6. The van der Waals surface area contributed by atoms with Crippen LogP contribution in [-0.4, -0.2) is 37.3 Å². The van der Waals surface area contributed by atoms with Gasteiger partial charge in [0.1, 0.15) is 12.4 Å². The maximum atomic E-state index is 13.7. The summed E-state index contributed by atoms with van der Waals surface area (Å²) in [7, 11) is 2.71. The van der Waals surface area contributed by atoms with Gasteiger partial charge >= 0.3 is 11.9 Å². The van der Waals surface area contributed by atoms with E-state index in [4.69, 9.17) is 18.9 Å². The van der Waals surface area contributed by atoms with E-state index < -0.39 is 18.0 Å². The normalized spacial score (nSPS) is 14.8. The Bertz CT molecular complexity index is 1610. The molecular weight excluding hydrogens is 508 g/mol. The highest BCUT2D eigenvalue weighted by Gasteiger charge is 2.33. The lowest BCUT2D eigenvalue weighted by molar-refractivity contribution is -0.136. The third-order valence-electron chi connectivity index (χ3n) is 5.73. The molecule has 0 unspecified atom stereocenters. The van der Waals surface area contributed by atoms with Crippen molar-refractivity contribution in [2.75, 3.05) is 20.8 Å². The van der Waals surface area contributed by atoms with Crippen molar-refractivity contribution in [3.8, 4) is 17.2 Å². The maximum Gasteiger partial charge on any atom is 0.338 e. The van der Waals surface area contributed by atoms with Crippen LogP contribution in [-0.2, 0) is 14.3 Å². The fraction of sp³-hybridized carbons (Fsp3) is 0.214. The van der Waals surface area contributed by atoms with E-state index in [2.05, 4.69) is 11.6 Å². The summed E-state index contributed by atoms with van der Waals surface area (Å²) >= 11 is 1.22. The van der Waals surface area contributed by atoms with Gasteiger partial charge < -0.3 is 18.9 Å². The highest BCUT2D eigenvalue weighted by molar-refractivity contribution is 7.07. The molecule has 1 aliphatic heterocycles. The number of hydrogen-bond donors (Lipinski definition) is 0. The first-order chi connectivity index (χ1) is 18.3. The molecule has 0 fully saturated rings. The summed E-state index contributed by atoms with van der Waals surface area (Å²) in [5.74, 6) is 0.0708. The second-order valence-electron chi connectivity index (χ2n) is 8.25. The van der Waals surface area contributed by atoms with Gasteiger partial charge in [0.15, 0.2) is 16.3 Å². The zero-order chi connectivity index (χ0) is 27.4. The second-order valence-corrected chi connectivity index (χ2v) is 9.26. The molecule has 0 saturated carbocycles. The van der Waals surface area contributed by atoms with Crippen LogP contribution in [0, 0.1) is 0 Å². The van der Waals surface area contributed by atoms with E-state index in [1.165, 1.54) is 37.0 Å². The van der Waals surface area contributed by atoms with E-state index in [1.54, 1.807) is 37.3 Å². The monoisotopic (exact) mass is 534 g/mol. The predicted octanol–water partition coefficient (Wildman–Crippen LogP) is 2.91. The van der Waals surface area contributed by atoms with Crippen molar-refractivity contribution in [3.63, 3.8) is 0 Å². The quantitative estimate of drug-likeness (QED) is 0.249. The first-order valence-electron chi connectivity index (χ1n) is 11.6. The van der Waals surface area contributed by atoms with Crippen LogP contribution in [0.2, 0.25) is 0 Å². The Morgan fingerprint density at radius 1 is 1.13 bits per heavy atom. The molecule has 0 bridgehead atoms. The highest BCUT2D eigenvalue weighted by Crippen LogP contribution is 2.36. The summed E-state index contributed by atoms with van der Waals surface area (Å²) in [5.41, 5.74) is 1.69. The number of hydrogen-bond acceptors (Lipinski definition) is 9. The SMILES string of the molecule is C=CCOc1ccc(/C=c2/sc3n(c2=O)[C@@H](c2ccc(OC(C)=O)c(OC)c2)C(C(=O)OC)=C(C)N=3)cc1. The second kappa shape index (κ2) is 11.3. The molecule has 38 heavy (non-hydrogen) atoms. The lowest BCUT2D eigenvalue weighted by atomic mass is 9.95. The lowest BCUT2D eigenvalue weighted by Gasteiger charge is -2.25. The Morgan fingerprint density at radius 2 is 1.87 bits per heavy atom. The number of esters is 2. The standard InChI is InChI=1S/C28H26N2O7S/c1-6-13-36-20-10-7-18(8-11-20)14-23-26(32)30-25(24(27(33)35-5)16(2)29-28(30)38-23)19-9-12-21(37-17(3)31)22(15-19)34-4/h6-12,14-15,25H,1,13H2,2-5H3/b23-14+/t25-/m0/s1. The Kier molecular flexibility index (Phi) is 7.92. The molecule has 0 radical (unpaired) electrons. The number of carbonyl (C=O) groups is 2. The molecule has 2 heterocycles. The molecule has 10 heteroatoms. The summed E-state index contributed by atoms with van der Waals surface area (Å²) in [6.45, 7) is 7.01. The Hall–Kier alpha value is -4.44. The van der Waals surface area contributed by atoms with Crippen LogP contribution < -0.4 is 29.1 Å². The number of allylic oxidation sites excluding steroid dienone is 1. The number of aromatic nitrogens is 1. The van der Waals surface area contributed by atoms with E-state index in [-0.39, 0.29) is 22.6 Å². The Morgan fingerprint density at radius 3 is 2.50 bits per heavy atom. The summed E-state index contributed by atoms with van der Waals surface area (Å²) in [4.78, 5) is 43.1. The third kappa shape index (κ3) is 5.30. The van der Waals surface area contributed by atoms with Gasteiger partial charge in [-0.25, -0.2) is 9.79 Å². The number of benzene rings is 2. The first-order valence-corrected chi connectivity index (χ1v) is 12.4. The zero-order valence-electron chi connectivity index (χ0n) is 21.3. The molecule has 196 valence electrons. The average Bonchev–Trinajstić information content (AvgIpc) is 3.21. The number of nitrogens with zero attached hydrogens (tertiary/aromatic N) is 2. The summed E-state index contributed by atoms with van der Waals surface area (Å²) in [6, 6.07) is 11.3. The summed E-state index contributed by atoms with van der Waals surface area (Å²) < 4.78 is 23.1. The van der Waals surface area contributed by atoms with Gasteiger partial charge in [-0.05, 0) is 48.4 Å². The van der Waals surface area contributed by atoms with E-state index in [1.807, 2.05) is 24.3 Å². The van der Waals surface area contributed by atoms with Crippen molar-refractivity contribution < 1.29 is 28.5 Å². The fourth-order valence-electron chi connectivity index (χ4n) is 4.07. The highest BCUT2D eigenvalue weighted by atomic mass is 32.1. The van der Waals surface area contributed by atoms with E-state index in [9.17, 15) is 14.4 Å². The van der Waals surface area contributed by atoms with Crippen LogP contribution in [0.5, 0.6) is 17.2 Å². The van der Waals surface area contributed by atoms with Crippen molar-refractivity contribution in [3.05, 3.63) is 97.2 Å². The van der Waals surface area contributed by atoms with Crippen LogP contribution in [0.1, 0.15) is 31.0 Å². The molecule has 3 aromatic rings. The molecule has 0 amide bonds. The van der Waals surface area contributed by atoms with Crippen molar-refractivity contribution in [1.82, 2.24) is 4.57 Å². The van der Waals surface area contributed by atoms with Gasteiger partial charge in [0.25, 0.3) is 5.56 Å². The molecule has 0 saturated heterocycles. The molecule has 0 N–H and O–H groups in total. The molecule has 2 aromatic carbocycles. The summed E-state index contributed by atoms with van der Waals surface area (Å²) in [6.07, 6.45) is 3.43. The van der Waals surface area contributed by atoms with Crippen molar-refractivity contribution in [2.45, 2.75) is 19.9 Å². The minimum Gasteiger partial charge on any atom is -0.493 e. The van der Waals surface area contributed by atoms with Crippen molar-refractivity contribution in [1.29, 1.82) is 0 Å². The predicted molar refractivity (Wildman–Crippen MR) is 142 cm³/mol. The number of rotatable bonds is 8. The van der Waals surface area contributed by atoms with Crippen molar-refractivity contribution in [2.24, 2.45) is 4.99 Å². The van der Waals surface area contributed by atoms with E-state index in [0.717, 1.165) is 5.56 Å². The third-order valence-corrected chi connectivity index (χ3v) is 6.71. The van der Waals surface area contributed by atoms with Gasteiger partial charge in [-0.1, -0.05) is 42.2 Å². The minimum atomic E-state index is -0.837. The van der Waals surface area contributed by atoms with Crippen LogP contribution >= 0.6 is 11.3 Å².